The van der Waals surface area contributed by atoms with Crippen LogP contribution in [0.25, 0.3) is 11.0 Å². The summed E-state index contributed by atoms with van der Waals surface area (Å²) in [6.45, 7) is 1.05. The van der Waals surface area contributed by atoms with E-state index >= 15 is 0 Å². The van der Waals surface area contributed by atoms with E-state index in [1.165, 1.54) is 17.0 Å². The van der Waals surface area contributed by atoms with Gasteiger partial charge in [-0.25, -0.2) is 0 Å². The Kier molecular flexibility index (Phi) is 5.95. The lowest BCUT2D eigenvalue weighted by Crippen LogP contribution is -2.33. The fourth-order valence-corrected chi connectivity index (χ4v) is 4.15. The standard InChI is InChI=1S/C24H23ClN2O5/c1-26(2)9-4-10-27-21(14-5-3-6-17(28)12-14)20(23(30)24(27)31)22(29)19-13-15-11-16(25)7-8-18(15)32-19/h3,5-8,11-13,21,28,30H,4,9-10H2,1-2H3. The molecule has 0 bridgehead atoms. The second kappa shape index (κ2) is 8.68. The zero-order valence-corrected chi connectivity index (χ0v) is 18.5. The molecule has 32 heavy (non-hydrogen) atoms. The van der Waals surface area contributed by atoms with Crippen LogP contribution in [0.2, 0.25) is 5.02 Å². The SMILES string of the molecule is CN(C)CCCN1C(=O)C(O)=C(C(=O)c2cc3cc(Cl)ccc3o2)C1c1cccc(O)c1. The van der Waals surface area contributed by atoms with Gasteiger partial charge in [0.15, 0.2) is 11.5 Å². The van der Waals surface area contributed by atoms with Gasteiger partial charge in [0.05, 0.1) is 11.6 Å². The molecule has 0 spiro atoms. The van der Waals surface area contributed by atoms with Gasteiger partial charge in [0.2, 0.25) is 5.78 Å². The molecule has 3 aromatic rings. The number of Topliss-reactive ketones (excluding diaryl/α,β-unsaturated/α-hetero) is 1. The van der Waals surface area contributed by atoms with Crippen molar-refractivity contribution in [3.05, 3.63) is 76.2 Å². The molecule has 2 aromatic carbocycles. The fraction of sp³-hybridized carbons (Fsp3) is 0.250. The lowest BCUT2D eigenvalue weighted by Gasteiger charge is -2.27. The number of fused-ring (bicyclic) bond motifs is 1. The fourth-order valence-electron chi connectivity index (χ4n) is 3.97. The highest BCUT2D eigenvalue weighted by Crippen LogP contribution is 2.40. The van der Waals surface area contributed by atoms with Crippen LogP contribution in [0.5, 0.6) is 5.75 Å². The minimum atomic E-state index is -0.846. The minimum absolute atomic E-state index is 0.000224. The van der Waals surface area contributed by atoms with Crippen molar-refractivity contribution in [2.45, 2.75) is 12.5 Å². The molecule has 1 atom stereocenters. The summed E-state index contributed by atoms with van der Waals surface area (Å²) in [6.07, 6.45) is 0.645. The number of aliphatic hydroxyl groups excluding tert-OH is 1. The van der Waals surface area contributed by atoms with Crippen molar-refractivity contribution >= 4 is 34.3 Å². The molecule has 0 saturated carbocycles. The number of halogens is 1. The number of phenolic OH excluding ortho intramolecular Hbond substituents is 1. The minimum Gasteiger partial charge on any atom is -0.508 e. The third-order valence-corrected chi connectivity index (χ3v) is 5.68. The summed E-state index contributed by atoms with van der Waals surface area (Å²) >= 11 is 6.03. The number of carbonyl (C=O) groups excluding carboxylic acids is 2. The molecule has 2 heterocycles. The number of rotatable bonds is 7. The second-order valence-electron chi connectivity index (χ2n) is 8.04. The highest BCUT2D eigenvalue weighted by Gasteiger charge is 2.44. The monoisotopic (exact) mass is 454 g/mol. The van der Waals surface area contributed by atoms with Crippen LogP contribution in [0, 0.1) is 0 Å². The van der Waals surface area contributed by atoms with Gasteiger partial charge in [-0.15, -0.1) is 0 Å². The molecule has 1 amide bonds. The van der Waals surface area contributed by atoms with Crippen molar-refractivity contribution in [1.82, 2.24) is 9.80 Å². The van der Waals surface area contributed by atoms with Crippen LogP contribution >= 0.6 is 11.6 Å². The van der Waals surface area contributed by atoms with E-state index in [1.807, 2.05) is 19.0 Å². The van der Waals surface area contributed by atoms with Crippen molar-refractivity contribution in [2.24, 2.45) is 0 Å². The highest BCUT2D eigenvalue weighted by molar-refractivity contribution is 6.31. The Hall–Kier alpha value is -3.29. The van der Waals surface area contributed by atoms with Crippen LogP contribution in [-0.4, -0.2) is 58.9 Å². The summed E-state index contributed by atoms with van der Waals surface area (Å²) in [5, 5.41) is 21.9. The van der Waals surface area contributed by atoms with Gasteiger partial charge in [-0.05, 0) is 69.0 Å². The van der Waals surface area contributed by atoms with E-state index in [9.17, 15) is 19.8 Å². The third kappa shape index (κ3) is 4.09. The number of aromatic hydroxyl groups is 1. The van der Waals surface area contributed by atoms with Gasteiger partial charge in [-0.2, -0.15) is 0 Å². The number of carbonyl (C=O) groups is 2. The van der Waals surface area contributed by atoms with E-state index in [1.54, 1.807) is 36.4 Å². The van der Waals surface area contributed by atoms with E-state index in [0.717, 1.165) is 6.54 Å². The molecule has 1 aliphatic rings. The number of hydrogen-bond donors (Lipinski definition) is 2. The first-order chi connectivity index (χ1) is 15.3. The summed E-state index contributed by atoms with van der Waals surface area (Å²) in [5.41, 5.74) is 0.921. The van der Waals surface area contributed by atoms with Gasteiger partial charge >= 0.3 is 0 Å². The number of furan rings is 1. The first kappa shape index (κ1) is 21.9. The first-order valence-electron chi connectivity index (χ1n) is 10.2. The van der Waals surface area contributed by atoms with Crippen LogP contribution in [0.1, 0.15) is 28.6 Å². The largest absolute Gasteiger partial charge is 0.508 e. The number of nitrogens with zero attached hydrogens (tertiary/aromatic N) is 2. The molecule has 1 aliphatic heterocycles. The number of benzene rings is 2. The van der Waals surface area contributed by atoms with E-state index in [0.29, 0.717) is 34.5 Å². The maximum absolute atomic E-state index is 13.5. The van der Waals surface area contributed by atoms with Gasteiger partial charge in [0, 0.05) is 17.0 Å². The lowest BCUT2D eigenvalue weighted by molar-refractivity contribution is -0.129. The van der Waals surface area contributed by atoms with E-state index in [2.05, 4.69) is 0 Å². The molecule has 7 nitrogen and oxygen atoms in total. The zero-order valence-electron chi connectivity index (χ0n) is 17.7. The Labute approximate surface area is 190 Å². The van der Waals surface area contributed by atoms with Crippen molar-refractivity contribution < 1.29 is 24.2 Å². The molecule has 0 aliphatic carbocycles. The molecule has 0 fully saturated rings. The molecule has 8 heteroatoms. The molecule has 0 radical (unpaired) electrons. The maximum Gasteiger partial charge on any atom is 0.290 e. The predicted molar refractivity (Wildman–Crippen MR) is 121 cm³/mol. The van der Waals surface area contributed by atoms with Crippen LogP contribution in [-0.2, 0) is 4.79 Å². The van der Waals surface area contributed by atoms with Gasteiger partial charge in [-0.3, -0.25) is 9.59 Å². The van der Waals surface area contributed by atoms with Gasteiger partial charge in [0.1, 0.15) is 11.3 Å². The number of aliphatic hydroxyl groups is 1. The Morgan fingerprint density at radius 1 is 1.16 bits per heavy atom. The Balaban J connectivity index is 1.76. The molecule has 4 rings (SSSR count). The molecule has 1 aromatic heterocycles. The average molecular weight is 455 g/mol. The Bertz CT molecular complexity index is 1230. The summed E-state index contributed by atoms with van der Waals surface area (Å²) < 4.78 is 5.70. The van der Waals surface area contributed by atoms with Crippen molar-refractivity contribution in [1.29, 1.82) is 0 Å². The van der Waals surface area contributed by atoms with E-state index in [4.69, 9.17) is 16.0 Å². The van der Waals surface area contributed by atoms with Crippen LogP contribution in [0.4, 0.5) is 0 Å². The third-order valence-electron chi connectivity index (χ3n) is 5.44. The van der Waals surface area contributed by atoms with E-state index < -0.39 is 23.5 Å². The van der Waals surface area contributed by atoms with Crippen LogP contribution in [0.3, 0.4) is 0 Å². The summed E-state index contributed by atoms with van der Waals surface area (Å²) in [6, 6.07) is 12.0. The van der Waals surface area contributed by atoms with Crippen molar-refractivity contribution in [3.8, 4) is 5.75 Å². The molecule has 2 N–H and O–H groups in total. The molecule has 1 unspecified atom stereocenters. The second-order valence-corrected chi connectivity index (χ2v) is 8.47. The van der Waals surface area contributed by atoms with Gasteiger partial charge < -0.3 is 24.4 Å². The van der Waals surface area contributed by atoms with E-state index in [-0.39, 0.29) is 17.1 Å². The normalized spacial score (nSPS) is 16.6. The lowest BCUT2D eigenvalue weighted by atomic mass is 9.94. The molecule has 0 saturated heterocycles. The number of amides is 1. The average Bonchev–Trinajstić information content (AvgIpc) is 3.27. The smallest absolute Gasteiger partial charge is 0.290 e. The Morgan fingerprint density at radius 2 is 1.94 bits per heavy atom. The van der Waals surface area contributed by atoms with Crippen molar-refractivity contribution in [2.75, 3.05) is 27.2 Å². The van der Waals surface area contributed by atoms with Crippen molar-refractivity contribution in [3.63, 3.8) is 0 Å². The first-order valence-corrected chi connectivity index (χ1v) is 10.6. The molecular weight excluding hydrogens is 432 g/mol. The molecular formula is C24H23ClN2O5. The highest BCUT2D eigenvalue weighted by atomic mass is 35.5. The summed E-state index contributed by atoms with van der Waals surface area (Å²) in [4.78, 5) is 29.9. The number of hydrogen-bond acceptors (Lipinski definition) is 6. The quantitative estimate of drug-likeness (QED) is 0.516. The van der Waals surface area contributed by atoms with Crippen LogP contribution < -0.4 is 0 Å². The predicted octanol–water partition coefficient (Wildman–Crippen LogP) is 4.32. The van der Waals surface area contributed by atoms with Gasteiger partial charge in [0.25, 0.3) is 5.91 Å². The van der Waals surface area contributed by atoms with Gasteiger partial charge in [-0.1, -0.05) is 23.7 Å². The molecule has 166 valence electrons. The number of ketones is 1. The zero-order chi connectivity index (χ0) is 23.0. The van der Waals surface area contributed by atoms with Crippen LogP contribution in [0.15, 0.2) is 64.3 Å². The maximum atomic E-state index is 13.5. The summed E-state index contributed by atoms with van der Waals surface area (Å²) in [7, 11) is 3.86. The Morgan fingerprint density at radius 3 is 2.66 bits per heavy atom. The summed E-state index contributed by atoms with van der Waals surface area (Å²) in [5.74, 6) is -1.82. The topological polar surface area (TPSA) is 94.2 Å². The number of phenols is 1.